The van der Waals surface area contributed by atoms with Crippen LogP contribution < -0.4 is 0 Å². The average molecular weight is 793 g/mol. The van der Waals surface area contributed by atoms with E-state index in [4.69, 9.17) is 19.4 Å². The Morgan fingerprint density at radius 3 is 1.35 bits per heavy atom. The zero-order chi connectivity index (χ0) is 41.0. The summed E-state index contributed by atoms with van der Waals surface area (Å²) in [6.45, 7) is 0. The second-order valence-corrected chi connectivity index (χ2v) is 15.6. The lowest BCUT2D eigenvalue weighted by Crippen LogP contribution is -2.06. The van der Waals surface area contributed by atoms with Gasteiger partial charge in [-0.1, -0.05) is 194 Å². The fraction of sp³-hybridized carbons (Fsp3) is 0. The number of nitrogens with zero attached hydrogens (tertiary/aromatic N) is 4. The molecule has 62 heavy (non-hydrogen) atoms. The van der Waals surface area contributed by atoms with E-state index in [9.17, 15) is 0 Å². The van der Waals surface area contributed by atoms with E-state index < -0.39 is 0 Å². The van der Waals surface area contributed by atoms with Gasteiger partial charge in [0, 0.05) is 32.7 Å². The standard InChI is InChI=1S/C57H36N4O/c1-3-12-37(13-4-1)45-16-11-17-46(36-45)42-28-26-40(27-29-42)38-22-24-39(25-23-38)41-30-32-44(33-31-41)56-58-55(43-14-5-2-6-15-43)59-57(60-56)61-51-20-9-7-18-47(51)49-34-35-50-48-19-8-10-21-52(48)62-54(50)53(49)61/h1-36H. The van der Waals surface area contributed by atoms with Gasteiger partial charge in [-0.3, -0.25) is 4.57 Å². The Hall–Kier alpha value is -8.41. The lowest BCUT2D eigenvalue weighted by molar-refractivity contribution is 0.670. The normalized spacial score (nSPS) is 11.5. The van der Waals surface area contributed by atoms with Crippen molar-refractivity contribution in [2.24, 2.45) is 0 Å². The van der Waals surface area contributed by atoms with Crippen molar-refractivity contribution in [1.82, 2.24) is 19.5 Å². The van der Waals surface area contributed by atoms with Crippen LogP contribution in [0.15, 0.2) is 223 Å². The van der Waals surface area contributed by atoms with Gasteiger partial charge >= 0.3 is 0 Å². The molecular weight excluding hydrogens is 757 g/mol. The van der Waals surface area contributed by atoms with Gasteiger partial charge in [-0.15, -0.1) is 0 Å². The Balaban J connectivity index is 0.889. The summed E-state index contributed by atoms with van der Waals surface area (Å²) in [7, 11) is 0. The molecule has 0 saturated carbocycles. The van der Waals surface area contributed by atoms with Gasteiger partial charge in [-0.25, -0.2) is 4.98 Å². The van der Waals surface area contributed by atoms with Crippen molar-refractivity contribution in [1.29, 1.82) is 0 Å². The highest BCUT2D eigenvalue weighted by Gasteiger charge is 2.22. The van der Waals surface area contributed by atoms with Gasteiger partial charge in [-0.05, 0) is 68.8 Å². The molecule has 0 aliphatic carbocycles. The number of hydrogen-bond donors (Lipinski definition) is 0. The summed E-state index contributed by atoms with van der Waals surface area (Å²) in [5, 5.41) is 4.31. The summed E-state index contributed by atoms with van der Waals surface area (Å²) in [5.41, 5.74) is 14.8. The minimum Gasteiger partial charge on any atom is -0.454 e. The fourth-order valence-electron chi connectivity index (χ4n) is 8.78. The lowest BCUT2D eigenvalue weighted by Gasteiger charge is -2.11. The van der Waals surface area contributed by atoms with Crippen LogP contribution in [-0.4, -0.2) is 19.5 Å². The molecule has 0 spiro atoms. The lowest BCUT2D eigenvalue weighted by atomic mass is 9.96. The van der Waals surface area contributed by atoms with Gasteiger partial charge in [0.05, 0.1) is 5.52 Å². The van der Waals surface area contributed by atoms with Crippen molar-refractivity contribution in [3.05, 3.63) is 218 Å². The Morgan fingerprint density at radius 2 is 0.742 bits per heavy atom. The van der Waals surface area contributed by atoms with E-state index in [1.165, 1.54) is 33.4 Å². The van der Waals surface area contributed by atoms with E-state index in [0.717, 1.165) is 66.0 Å². The number of para-hydroxylation sites is 2. The first-order valence-electron chi connectivity index (χ1n) is 20.8. The van der Waals surface area contributed by atoms with Crippen LogP contribution >= 0.6 is 0 Å². The van der Waals surface area contributed by atoms with Crippen LogP contribution in [0.3, 0.4) is 0 Å². The topological polar surface area (TPSA) is 56.7 Å². The maximum atomic E-state index is 6.62. The van der Waals surface area contributed by atoms with Gasteiger partial charge in [0.1, 0.15) is 11.1 Å². The first-order valence-corrected chi connectivity index (χ1v) is 20.8. The van der Waals surface area contributed by atoms with Gasteiger partial charge in [-0.2, -0.15) is 9.97 Å². The molecule has 0 fully saturated rings. The fourth-order valence-corrected chi connectivity index (χ4v) is 8.78. The summed E-state index contributed by atoms with van der Waals surface area (Å²) in [4.78, 5) is 15.5. The van der Waals surface area contributed by atoms with Crippen LogP contribution in [0.4, 0.5) is 0 Å². The Kier molecular flexibility index (Phi) is 8.42. The van der Waals surface area contributed by atoms with Crippen molar-refractivity contribution in [2.75, 3.05) is 0 Å². The van der Waals surface area contributed by atoms with Crippen molar-refractivity contribution in [3.8, 4) is 73.2 Å². The highest BCUT2D eigenvalue weighted by Crippen LogP contribution is 2.40. The molecule has 12 rings (SSSR count). The van der Waals surface area contributed by atoms with Gasteiger partial charge in [0.15, 0.2) is 17.2 Å². The maximum Gasteiger partial charge on any atom is 0.238 e. The van der Waals surface area contributed by atoms with E-state index in [-0.39, 0.29) is 0 Å². The quantitative estimate of drug-likeness (QED) is 0.161. The number of aromatic nitrogens is 4. The van der Waals surface area contributed by atoms with Gasteiger partial charge in [0.25, 0.3) is 0 Å². The number of furan rings is 1. The SMILES string of the molecule is c1ccc(-c2cccc(-c3ccc(-c4ccc(-c5ccc(-c6nc(-c7ccccc7)nc(-n7c8ccccc8c8ccc9c%10ccccc%10oc9c87)n6)cc5)cc4)cc3)c2)cc1. The van der Waals surface area contributed by atoms with Crippen LogP contribution in [0, 0.1) is 0 Å². The smallest absolute Gasteiger partial charge is 0.238 e. The summed E-state index contributed by atoms with van der Waals surface area (Å²) >= 11 is 0. The van der Waals surface area contributed by atoms with Crippen LogP contribution in [0.5, 0.6) is 0 Å². The molecule has 5 nitrogen and oxygen atoms in total. The van der Waals surface area contributed by atoms with Crippen molar-refractivity contribution >= 4 is 43.7 Å². The first kappa shape index (κ1) is 35.5. The summed E-state index contributed by atoms with van der Waals surface area (Å²) in [5.74, 6) is 1.72. The zero-order valence-corrected chi connectivity index (χ0v) is 33.5. The second kappa shape index (κ2) is 14.7. The van der Waals surface area contributed by atoms with E-state index in [2.05, 4.69) is 180 Å². The number of benzene rings is 9. The Morgan fingerprint density at radius 1 is 0.306 bits per heavy atom. The molecule has 290 valence electrons. The van der Waals surface area contributed by atoms with Gasteiger partial charge in [0.2, 0.25) is 5.95 Å². The Labute approximate surface area is 357 Å². The first-order chi connectivity index (χ1) is 30.7. The highest BCUT2D eigenvalue weighted by atomic mass is 16.3. The molecule has 0 bridgehead atoms. The zero-order valence-electron chi connectivity index (χ0n) is 33.5. The molecule has 0 amide bonds. The highest BCUT2D eigenvalue weighted by molar-refractivity contribution is 6.21. The largest absolute Gasteiger partial charge is 0.454 e. The number of rotatable bonds is 7. The molecule has 0 aliphatic heterocycles. The van der Waals surface area contributed by atoms with Crippen molar-refractivity contribution in [3.63, 3.8) is 0 Å². The molecule has 0 radical (unpaired) electrons. The summed E-state index contributed by atoms with van der Waals surface area (Å²) < 4.78 is 8.76. The predicted octanol–water partition coefficient (Wildman–Crippen LogP) is 14.9. The Bertz CT molecular complexity index is 3590. The molecule has 3 aromatic heterocycles. The molecule has 3 heterocycles. The molecule has 9 aromatic carbocycles. The molecule has 0 atom stereocenters. The number of hydrogen-bond acceptors (Lipinski definition) is 4. The summed E-state index contributed by atoms with van der Waals surface area (Å²) in [6, 6.07) is 76.4. The van der Waals surface area contributed by atoms with E-state index in [1.54, 1.807) is 0 Å². The summed E-state index contributed by atoms with van der Waals surface area (Å²) in [6.07, 6.45) is 0. The van der Waals surface area contributed by atoms with E-state index in [1.807, 2.05) is 42.5 Å². The monoisotopic (exact) mass is 792 g/mol. The van der Waals surface area contributed by atoms with E-state index in [0.29, 0.717) is 17.6 Å². The van der Waals surface area contributed by atoms with E-state index >= 15 is 0 Å². The van der Waals surface area contributed by atoms with Crippen LogP contribution in [0.2, 0.25) is 0 Å². The molecule has 0 saturated heterocycles. The second-order valence-electron chi connectivity index (χ2n) is 15.6. The molecule has 12 aromatic rings. The maximum absolute atomic E-state index is 6.62. The minimum absolute atomic E-state index is 0.529. The van der Waals surface area contributed by atoms with Crippen LogP contribution in [0.25, 0.3) is 117 Å². The third kappa shape index (κ3) is 6.14. The third-order valence-electron chi connectivity index (χ3n) is 11.9. The minimum atomic E-state index is 0.529. The van der Waals surface area contributed by atoms with Crippen LogP contribution in [-0.2, 0) is 0 Å². The number of fused-ring (bicyclic) bond motifs is 7. The van der Waals surface area contributed by atoms with Gasteiger partial charge < -0.3 is 4.42 Å². The van der Waals surface area contributed by atoms with Crippen LogP contribution in [0.1, 0.15) is 0 Å². The molecule has 0 N–H and O–H groups in total. The molecule has 5 heteroatoms. The predicted molar refractivity (Wildman–Crippen MR) is 254 cm³/mol. The molecule has 0 unspecified atom stereocenters. The molecular formula is C57H36N4O. The van der Waals surface area contributed by atoms with Crippen molar-refractivity contribution in [2.45, 2.75) is 0 Å². The third-order valence-corrected chi connectivity index (χ3v) is 11.9. The average Bonchev–Trinajstić information content (AvgIpc) is 3.91. The van der Waals surface area contributed by atoms with Crippen molar-refractivity contribution < 1.29 is 4.42 Å². The molecule has 0 aliphatic rings.